The first-order valence-corrected chi connectivity index (χ1v) is 5.83. The van der Waals surface area contributed by atoms with Crippen molar-refractivity contribution in [2.24, 2.45) is 5.92 Å². The summed E-state index contributed by atoms with van der Waals surface area (Å²) in [6.45, 7) is 1.26. The maximum absolute atomic E-state index is 11.8. The lowest BCUT2D eigenvalue weighted by Crippen LogP contribution is -2.27. The number of hydrogen-bond donors (Lipinski definition) is 2. The highest BCUT2D eigenvalue weighted by Crippen LogP contribution is 2.24. The van der Waals surface area contributed by atoms with Crippen molar-refractivity contribution in [3.05, 3.63) is 29.3 Å². The molecule has 0 fully saturated rings. The fourth-order valence-corrected chi connectivity index (χ4v) is 1.80. The third kappa shape index (κ3) is 2.13. The van der Waals surface area contributed by atoms with Gasteiger partial charge in [0, 0.05) is 12.7 Å². The zero-order valence-corrected chi connectivity index (χ0v) is 10.8. The Morgan fingerprint density at radius 2 is 1.80 bits per heavy atom. The summed E-state index contributed by atoms with van der Waals surface area (Å²) >= 11 is 0. The number of carbonyl (C=O) groups is 4. The summed E-state index contributed by atoms with van der Waals surface area (Å²) in [6.07, 6.45) is 0. The van der Waals surface area contributed by atoms with Crippen LogP contribution in [0.15, 0.2) is 18.2 Å². The lowest BCUT2D eigenvalue weighted by molar-refractivity contribution is -0.144. The molecule has 1 aliphatic rings. The fourth-order valence-electron chi connectivity index (χ4n) is 1.80. The topological polar surface area (TPSA) is 104 Å². The minimum atomic E-state index is -1.24. The van der Waals surface area contributed by atoms with E-state index in [1.54, 1.807) is 0 Å². The van der Waals surface area contributed by atoms with E-state index < -0.39 is 29.6 Å². The van der Waals surface area contributed by atoms with Crippen molar-refractivity contribution in [3.63, 3.8) is 0 Å². The Balaban J connectivity index is 2.26. The van der Waals surface area contributed by atoms with Gasteiger partial charge in [-0.05, 0) is 25.1 Å². The molecule has 0 saturated heterocycles. The van der Waals surface area contributed by atoms with Crippen LogP contribution in [0.2, 0.25) is 0 Å². The molecule has 2 N–H and O–H groups in total. The van der Waals surface area contributed by atoms with Crippen molar-refractivity contribution in [1.82, 2.24) is 4.90 Å². The second kappa shape index (κ2) is 4.76. The lowest BCUT2D eigenvalue weighted by atomic mass is 10.1. The number of rotatable bonds is 3. The number of nitrogens with one attached hydrogen (secondary N) is 1. The van der Waals surface area contributed by atoms with Crippen LogP contribution < -0.4 is 5.32 Å². The van der Waals surface area contributed by atoms with Crippen molar-refractivity contribution >= 4 is 29.4 Å². The number of fused-ring (bicyclic) bond motifs is 1. The summed E-state index contributed by atoms with van der Waals surface area (Å²) in [5.41, 5.74) is 0.735. The number of aliphatic carboxylic acids is 1. The highest BCUT2D eigenvalue weighted by atomic mass is 16.4. The Labute approximate surface area is 114 Å². The van der Waals surface area contributed by atoms with Crippen molar-refractivity contribution < 1.29 is 24.3 Å². The minimum absolute atomic E-state index is 0.193. The molecule has 0 radical (unpaired) electrons. The number of imide groups is 1. The summed E-state index contributed by atoms with van der Waals surface area (Å²) in [7, 11) is 1.37. The van der Waals surface area contributed by atoms with Crippen LogP contribution in [0.5, 0.6) is 0 Å². The molecule has 1 aromatic carbocycles. The van der Waals surface area contributed by atoms with Gasteiger partial charge in [0.2, 0.25) is 5.91 Å². The molecular weight excluding hydrogens is 264 g/mol. The molecule has 0 aliphatic carbocycles. The number of anilines is 1. The third-order valence-electron chi connectivity index (χ3n) is 3.12. The van der Waals surface area contributed by atoms with Gasteiger partial charge < -0.3 is 10.4 Å². The number of carboxylic acids is 1. The van der Waals surface area contributed by atoms with Crippen LogP contribution in [0.4, 0.5) is 5.69 Å². The van der Waals surface area contributed by atoms with Crippen LogP contribution in [-0.4, -0.2) is 40.7 Å². The molecule has 3 amide bonds. The molecule has 2 rings (SSSR count). The Morgan fingerprint density at radius 1 is 1.20 bits per heavy atom. The highest BCUT2D eigenvalue weighted by molar-refractivity contribution is 6.21. The summed E-state index contributed by atoms with van der Waals surface area (Å²) in [4.78, 5) is 46.7. The predicted octanol–water partition coefficient (Wildman–Crippen LogP) is 0.572. The monoisotopic (exact) mass is 276 g/mol. The largest absolute Gasteiger partial charge is 0.481 e. The molecule has 0 aromatic heterocycles. The number of nitrogens with zero attached hydrogens (tertiary/aromatic N) is 1. The quantitative estimate of drug-likeness (QED) is 0.620. The van der Waals surface area contributed by atoms with Crippen LogP contribution in [-0.2, 0) is 9.59 Å². The predicted molar refractivity (Wildman–Crippen MR) is 68.3 cm³/mol. The maximum Gasteiger partial charge on any atom is 0.315 e. The number of benzene rings is 1. The van der Waals surface area contributed by atoms with E-state index in [4.69, 9.17) is 5.11 Å². The number of amides is 3. The van der Waals surface area contributed by atoms with Gasteiger partial charge in [-0.15, -0.1) is 0 Å². The van der Waals surface area contributed by atoms with Gasteiger partial charge in [-0.1, -0.05) is 0 Å². The molecule has 1 aromatic rings. The van der Waals surface area contributed by atoms with E-state index in [-0.39, 0.29) is 16.8 Å². The molecule has 0 bridgehead atoms. The first kappa shape index (κ1) is 13.7. The molecular formula is C13H12N2O5. The molecule has 1 unspecified atom stereocenters. The average Bonchev–Trinajstić information content (AvgIpc) is 2.62. The molecule has 1 heterocycles. The normalized spacial score (nSPS) is 15.0. The van der Waals surface area contributed by atoms with E-state index in [2.05, 4.69) is 5.32 Å². The molecule has 7 nitrogen and oxygen atoms in total. The molecule has 104 valence electrons. The lowest BCUT2D eigenvalue weighted by Gasteiger charge is -2.08. The van der Waals surface area contributed by atoms with Gasteiger partial charge in [0.25, 0.3) is 11.8 Å². The molecule has 0 saturated carbocycles. The van der Waals surface area contributed by atoms with Crippen LogP contribution in [0.3, 0.4) is 0 Å². The Bertz CT molecular complexity index is 638. The molecule has 7 heteroatoms. The van der Waals surface area contributed by atoms with Crippen LogP contribution in [0, 0.1) is 5.92 Å². The van der Waals surface area contributed by atoms with Gasteiger partial charge in [0.1, 0.15) is 5.92 Å². The van der Waals surface area contributed by atoms with E-state index >= 15 is 0 Å². The molecule has 1 aliphatic heterocycles. The molecule has 20 heavy (non-hydrogen) atoms. The Hall–Kier alpha value is -2.70. The second-order valence-electron chi connectivity index (χ2n) is 4.48. The zero-order chi connectivity index (χ0) is 15.0. The zero-order valence-electron chi connectivity index (χ0n) is 10.8. The second-order valence-corrected chi connectivity index (χ2v) is 4.48. The van der Waals surface area contributed by atoms with Gasteiger partial charge in [0.15, 0.2) is 0 Å². The van der Waals surface area contributed by atoms with Crippen LogP contribution in [0.25, 0.3) is 0 Å². The fraction of sp³-hybridized carbons (Fsp3) is 0.231. The summed E-state index contributed by atoms with van der Waals surface area (Å²) in [5, 5.41) is 11.1. The molecule has 0 spiro atoms. The van der Waals surface area contributed by atoms with E-state index in [0.29, 0.717) is 0 Å². The van der Waals surface area contributed by atoms with Gasteiger partial charge in [-0.25, -0.2) is 0 Å². The number of carbonyl (C=O) groups excluding carboxylic acids is 3. The smallest absolute Gasteiger partial charge is 0.315 e. The van der Waals surface area contributed by atoms with Crippen LogP contribution >= 0.6 is 0 Å². The first-order valence-electron chi connectivity index (χ1n) is 5.83. The van der Waals surface area contributed by atoms with Gasteiger partial charge in [-0.3, -0.25) is 24.1 Å². The number of carboxylic acid groups (broad SMARTS) is 1. The minimum Gasteiger partial charge on any atom is -0.481 e. The third-order valence-corrected chi connectivity index (χ3v) is 3.12. The van der Waals surface area contributed by atoms with E-state index in [9.17, 15) is 19.2 Å². The van der Waals surface area contributed by atoms with E-state index in [0.717, 1.165) is 4.90 Å². The summed E-state index contributed by atoms with van der Waals surface area (Å²) in [5.74, 6) is -3.99. The van der Waals surface area contributed by atoms with E-state index in [1.165, 1.54) is 32.2 Å². The van der Waals surface area contributed by atoms with Gasteiger partial charge in [-0.2, -0.15) is 0 Å². The van der Waals surface area contributed by atoms with Gasteiger partial charge in [0.05, 0.1) is 11.1 Å². The van der Waals surface area contributed by atoms with Crippen molar-refractivity contribution in [1.29, 1.82) is 0 Å². The van der Waals surface area contributed by atoms with Gasteiger partial charge >= 0.3 is 5.97 Å². The van der Waals surface area contributed by atoms with E-state index in [1.807, 2.05) is 0 Å². The summed E-state index contributed by atoms with van der Waals surface area (Å²) in [6, 6.07) is 4.25. The first-order chi connectivity index (χ1) is 9.32. The van der Waals surface area contributed by atoms with Crippen molar-refractivity contribution in [2.75, 3.05) is 12.4 Å². The van der Waals surface area contributed by atoms with Crippen molar-refractivity contribution in [3.8, 4) is 0 Å². The summed E-state index contributed by atoms with van der Waals surface area (Å²) < 4.78 is 0. The van der Waals surface area contributed by atoms with Crippen LogP contribution in [0.1, 0.15) is 27.6 Å². The average molecular weight is 276 g/mol. The standard InChI is InChI=1S/C13H12N2O5/c1-6(13(19)20)10(16)14-7-3-4-8-9(5-7)12(18)15(2)11(8)17/h3-6H,1-2H3,(H,14,16)(H,19,20). The molecule has 1 atom stereocenters. The van der Waals surface area contributed by atoms with Crippen molar-refractivity contribution in [2.45, 2.75) is 6.92 Å². The highest BCUT2D eigenvalue weighted by Gasteiger charge is 2.33. The maximum atomic E-state index is 11.8. The Morgan fingerprint density at radius 3 is 2.40 bits per heavy atom. The SMILES string of the molecule is CC(C(=O)O)C(=O)Nc1ccc2c(c1)C(=O)N(C)C2=O. The Kier molecular flexibility index (Phi) is 3.27. The number of hydrogen-bond acceptors (Lipinski definition) is 4.